The number of carbonyl (C=O) groups is 1. The number of nitrogens with one attached hydrogen (secondary N) is 2. The predicted octanol–water partition coefficient (Wildman–Crippen LogP) is 2.73. The van der Waals surface area contributed by atoms with Crippen molar-refractivity contribution in [2.24, 2.45) is 10.9 Å². The van der Waals surface area contributed by atoms with Gasteiger partial charge in [-0.15, -0.1) is 24.0 Å². The van der Waals surface area contributed by atoms with Crippen molar-refractivity contribution < 1.29 is 17.9 Å². The molecule has 0 amide bonds. The summed E-state index contributed by atoms with van der Waals surface area (Å²) in [6.07, 6.45) is 1.66. The van der Waals surface area contributed by atoms with Crippen LogP contribution in [0.4, 0.5) is 0 Å². The number of rotatable bonds is 6. The van der Waals surface area contributed by atoms with Gasteiger partial charge in [0.2, 0.25) is 10.0 Å². The van der Waals surface area contributed by atoms with Crippen molar-refractivity contribution in [1.29, 1.82) is 0 Å². The number of guanidine groups is 1. The summed E-state index contributed by atoms with van der Waals surface area (Å²) in [5, 5.41) is 3.25. The van der Waals surface area contributed by atoms with Gasteiger partial charge >= 0.3 is 5.97 Å². The topological polar surface area (TPSA) is 100 Å². The molecule has 1 aromatic carbocycles. The van der Waals surface area contributed by atoms with Crippen molar-refractivity contribution in [3.63, 3.8) is 0 Å². The van der Waals surface area contributed by atoms with Crippen LogP contribution >= 0.6 is 24.0 Å². The lowest BCUT2D eigenvalue weighted by Gasteiger charge is -2.34. The Morgan fingerprint density at radius 1 is 1.29 bits per heavy atom. The molecule has 10 heteroatoms. The van der Waals surface area contributed by atoms with Gasteiger partial charge < -0.3 is 15.0 Å². The van der Waals surface area contributed by atoms with Crippen LogP contribution in [0.3, 0.4) is 0 Å². The van der Waals surface area contributed by atoms with Crippen molar-refractivity contribution in [2.75, 3.05) is 26.7 Å². The van der Waals surface area contributed by atoms with Crippen LogP contribution in [0.25, 0.3) is 0 Å². The van der Waals surface area contributed by atoms with E-state index in [1.807, 2.05) is 31.7 Å². The summed E-state index contributed by atoms with van der Waals surface area (Å²) < 4.78 is 33.5. The molecule has 0 aromatic heterocycles. The lowest BCUT2D eigenvalue weighted by Crippen LogP contribution is -2.48. The lowest BCUT2D eigenvalue weighted by molar-refractivity contribution is -0.149. The van der Waals surface area contributed by atoms with Crippen LogP contribution in [-0.2, 0) is 26.1 Å². The van der Waals surface area contributed by atoms with E-state index in [0.717, 1.165) is 19.4 Å². The fraction of sp³-hybridized carbons (Fsp3) is 0.619. The highest BCUT2D eigenvalue weighted by molar-refractivity contribution is 14.0. The van der Waals surface area contributed by atoms with Crippen molar-refractivity contribution in [3.05, 3.63) is 29.8 Å². The number of esters is 1. The first kappa shape index (κ1) is 27.6. The molecule has 1 aliphatic heterocycles. The molecule has 2 N–H and O–H groups in total. The van der Waals surface area contributed by atoms with Crippen molar-refractivity contribution in [1.82, 2.24) is 14.9 Å². The molecular weight excluding hydrogens is 531 g/mol. The molecule has 31 heavy (non-hydrogen) atoms. The van der Waals surface area contributed by atoms with Crippen LogP contribution in [0.15, 0.2) is 34.2 Å². The fourth-order valence-corrected chi connectivity index (χ4v) is 5.16. The smallest absolute Gasteiger partial charge is 0.310 e. The molecule has 0 aliphatic carbocycles. The average Bonchev–Trinajstić information content (AvgIpc) is 2.67. The summed E-state index contributed by atoms with van der Waals surface area (Å²) in [6, 6.07) is 6.92. The van der Waals surface area contributed by atoms with Crippen molar-refractivity contribution in [2.45, 2.75) is 57.5 Å². The number of aliphatic imine (C=N–C) groups is 1. The van der Waals surface area contributed by atoms with E-state index in [9.17, 15) is 13.2 Å². The van der Waals surface area contributed by atoms with Gasteiger partial charge in [0.1, 0.15) is 0 Å². The Hall–Kier alpha value is -1.40. The molecule has 0 radical (unpaired) electrons. The van der Waals surface area contributed by atoms with Crippen molar-refractivity contribution in [3.8, 4) is 0 Å². The van der Waals surface area contributed by atoms with Gasteiger partial charge in [-0.1, -0.05) is 18.2 Å². The van der Waals surface area contributed by atoms with E-state index < -0.39 is 15.6 Å². The summed E-state index contributed by atoms with van der Waals surface area (Å²) in [5.74, 6) is 0.281. The van der Waals surface area contributed by atoms with Crippen LogP contribution in [0, 0.1) is 5.92 Å². The fourth-order valence-electron chi connectivity index (χ4n) is 3.50. The first-order chi connectivity index (χ1) is 14.1. The molecule has 0 saturated carbocycles. The molecule has 8 nitrogen and oxygen atoms in total. The highest BCUT2D eigenvalue weighted by Gasteiger charge is 2.29. The zero-order chi connectivity index (χ0) is 22.4. The quantitative estimate of drug-likeness (QED) is 0.238. The van der Waals surface area contributed by atoms with E-state index in [1.54, 1.807) is 32.2 Å². The highest BCUT2D eigenvalue weighted by atomic mass is 127. The van der Waals surface area contributed by atoms with Gasteiger partial charge in [0.05, 0.1) is 17.4 Å². The maximum Gasteiger partial charge on any atom is 0.310 e. The number of benzene rings is 1. The summed E-state index contributed by atoms with van der Waals surface area (Å²) >= 11 is 0. The third kappa shape index (κ3) is 8.23. The number of likely N-dealkylation sites (tertiary alicyclic amines) is 1. The normalized spacial score (nSPS) is 17.6. The average molecular weight is 567 g/mol. The van der Waals surface area contributed by atoms with Gasteiger partial charge in [0.25, 0.3) is 0 Å². The Labute approximate surface area is 203 Å². The summed E-state index contributed by atoms with van der Waals surface area (Å²) in [6.45, 7) is 9.21. The van der Waals surface area contributed by atoms with Gasteiger partial charge in [-0.3, -0.25) is 9.79 Å². The van der Waals surface area contributed by atoms with E-state index in [1.165, 1.54) is 0 Å². The number of piperidine rings is 1. The second-order valence-electron chi connectivity index (χ2n) is 8.40. The van der Waals surface area contributed by atoms with E-state index in [4.69, 9.17) is 4.74 Å². The predicted molar refractivity (Wildman–Crippen MR) is 133 cm³/mol. The number of nitrogens with zero attached hydrogens (tertiary/aromatic N) is 2. The monoisotopic (exact) mass is 566 g/mol. The second kappa shape index (κ2) is 12.0. The minimum atomic E-state index is -3.66. The molecular formula is C21H35IN4O4S. The Balaban J connectivity index is 0.00000480. The van der Waals surface area contributed by atoms with Crippen LogP contribution in [0.5, 0.6) is 0 Å². The summed E-state index contributed by atoms with van der Waals surface area (Å²) in [5.41, 5.74) is 0.0695. The molecule has 1 heterocycles. The molecule has 1 saturated heterocycles. The number of sulfonamides is 1. The standard InChI is InChI=1S/C21H34N4O4S.HI/c1-6-29-19(26)17-11-9-13-25(15-17)20(22-5)23-14-16-10-7-8-12-18(16)30(27,28)24-21(2,3)4;/h7-8,10,12,17,24H,6,9,11,13-15H2,1-5H3,(H,22,23);1H. The molecule has 1 unspecified atom stereocenters. The lowest BCUT2D eigenvalue weighted by atomic mass is 9.98. The minimum absolute atomic E-state index is 0. The summed E-state index contributed by atoms with van der Waals surface area (Å²) in [7, 11) is -1.98. The Kier molecular flexibility index (Phi) is 10.7. The number of carbonyl (C=O) groups excluding carboxylic acids is 1. The van der Waals surface area contributed by atoms with Gasteiger partial charge in [0, 0.05) is 32.2 Å². The number of ether oxygens (including phenoxy) is 1. The third-order valence-corrected chi connectivity index (χ3v) is 6.55. The molecule has 2 rings (SSSR count). The first-order valence-corrected chi connectivity index (χ1v) is 11.8. The molecule has 0 bridgehead atoms. The van der Waals surface area contributed by atoms with E-state index >= 15 is 0 Å². The van der Waals surface area contributed by atoms with Gasteiger partial charge in [0.15, 0.2) is 5.96 Å². The highest BCUT2D eigenvalue weighted by Crippen LogP contribution is 2.20. The van der Waals surface area contributed by atoms with E-state index in [-0.39, 0.29) is 40.8 Å². The number of hydrogen-bond acceptors (Lipinski definition) is 5. The third-order valence-electron chi connectivity index (χ3n) is 4.69. The van der Waals surface area contributed by atoms with Gasteiger partial charge in [-0.05, 0) is 52.2 Å². The largest absolute Gasteiger partial charge is 0.466 e. The maximum atomic E-state index is 12.8. The molecule has 1 atom stereocenters. The Morgan fingerprint density at radius 2 is 1.97 bits per heavy atom. The van der Waals surface area contributed by atoms with Crippen LogP contribution in [0.1, 0.15) is 46.1 Å². The Morgan fingerprint density at radius 3 is 2.58 bits per heavy atom. The van der Waals surface area contributed by atoms with E-state index in [0.29, 0.717) is 31.2 Å². The zero-order valence-electron chi connectivity index (χ0n) is 19.0. The van der Waals surface area contributed by atoms with Crippen LogP contribution in [0.2, 0.25) is 0 Å². The van der Waals surface area contributed by atoms with Crippen LogP contribution in [-0.4, -0.2) is 57.5 Å². The maximum absolute atomic E-state index is 12.8. The van der Waals surface area contributed by atoms with Gasteiger partial charge in [-0.2, -0.15) is 0 Å². The number of hydrogen-bond donors (Lipinski definition) is 2. The van der Waals surface area contributed by atoms with Gasteiger partial charge in [-0.25, -0.2) is 13.1 Å². The molecule has 0 spiro atoms. The van der Waals surface area contributed by atoms with E-state index in [2.05, 4.69) is 15.0 Å². The first-order valence-electron chi connectivity index (χ1n) is 10.3. The molecule has 176 valence electrons. The Bertz CT molecular complexity index is 868. The second-order valence-corrected chi connectivity index (χ2v) is 10.1. The van der Waals surface area contributed by atoms with Crippen LogP contribution < -0.4 is 10.0 Å². The SMILES string of the molecule is CCOC(=O)C1CCCN(C(=NC)NCc2ccccc2S(=O)(=O)NC(C)(C)C)C1.I. The molecule has 1 aromatic rings. The number of halogens is 1. The molecule has 1 aliphatic rings. The molecule has 1 fully saturated rings. The summed E-state index contributed by atoms with van der Waals surface area (Å²) in [4.78, 5) is 18.7. The zero-order valence-corrected chi connectivity index (χ0v) is 22.1. The van der Waals surface area contributed by atoms with Crippen molar-refractivity contribution >= 4 is 45.9 Å². The minimum Gasteiger partial charge on any atom is -0.466 e.